The molecular formula is C24H22N6O5S. The van der Waals surface area contributed by atoms with Crippen molar-refractivity contribution in [3.8, 4) is 22.9 Å². The monoisotopic (exact) mass is 506 g/mol. The zero-order valence-electron chi connectivity index (χ0n) is 19.2. The maximum absolute atomic E-state index is 13.0. The lowest BCUT2D eigenvalue weighted by Gasteiger charge is -2.22. The van der Waals surface area contributed by atoms with Gasteiger partial charge in [0.1, 0.15) is 19.0 Å². The number of ether oxygens (including phenoxy) is 2. The van der Waals surface area contributed by atoms with Crippen molar-refractivity contribution in [3.05, 3.63) is 51.5 Å². The zero-order valence-corrected chi connectivity index (χ0v) is 20.0. The highest BCUT2D eigenvalue weighted by Crippen LogP contribution is 2.36. The van der Waals surface area contributed by atoms with E-state index in [2.05, 4.69) is 15.4 Å². The number of hydrogen-bond acceptors (Lipinski definition) is 9. The van der Waals surface area contributed by atoms with Crippen LogP contribution in [0.4, 0.5) is 10.8 Å². The van der Waals surface area contributed by atoms with Gasteiger partial charge in [0.15, 0.2) is 23.0 Å². The predicted octanol–water partition coefficient (Wildman–Crippen LogP) is 4.99. The van der Waals surface area contributed by atoms with E-state index < -0.39 is 10.8 Å². The van der Waals surface area contributed by atoms with E-state index in [1.807, 2.05) is 22.9 Å². The fourth-order valence-corrected chi connectivity index (χ4v) is 5.36. The van der Waals surface area contributed by atoms with Gasteiger partial charge >= 0.3 is 5.00 Å². The van der Waals surface area contributed by atoms with Crippen molar-refractivity contribution in [2.24, 2.45) is 0 Å². The van der Waals surface area contributed by atoms with Gasteiger partial charge in [-0.25, -0.2) is 14.6 Å². The number of nitrogens with zero attached hydrogens (tertiary/aromatic N) is 5. The maximum atomic E-state index is 13.0. The van der Waals surface area contributed by atoms with Gasteiger partial charge in [0.2, 0.25) is 0 Å². The summed E-state index contributed by atoms with van der Waals surface area (Å²) in [6.45, 7) is 0.950. The van der Waals surface area contributed by atoms with Crippen LogP contribution in [0.5, 0.6) is 11.5 Å². The van der Waals surface area contributed by atoms with E-state index in [-0.39, 0.29) is 15.9 Å². The number of fused-ring (bicyclic) bond motifs is 2. The lowest BCUT2D eigenvalue weighted by atomic mass is 9.96. The van der Waals surface area contributed by atoms with Crippen LogP contribution in [0.25, 0.3) is 22.4 Å². The van der Waals surface area contributed by atoms with Crippen molar-refractivity contribution in [1.82, 2.24) is 19.7 Å². The first-order valence-electron chi connectivity index (χ1n) is 11.8. The van der Waals surface area contributed by atoms with Crippen LogP contribution in [0.2, 0.25) is 0 Å². The van der Waals surface area contributed by atoms with Crippen LogP contribution in [-0.2, 0) is 0 Å². The number of carbonyl (C=O) groups excluding carboxylic acids is 1. The van der Waals surface area contributed by atoms with Crippen molar-refractivity contribution in [2.45, 2.75) is 38.1 Å². The molecule has 0 bridgehead atoms. The van der Waals surface area contributed by atoms with Gasteiger partial charge in [-0.15, -0.1) is 0 Å². The van der Waals surface area contributed by atoms with Crippen molar-refractivity contribution >= 4 is 39.1 Å². The summed E-state index contributed by atoms with van der Waals surface area (Å²) >= 11 is 0.812. The summed E-state index contributed by atoms with van der Waals surface area (Å²) in [6, 6.07) is 8.47. The Morgan fingerprint density at radius 2 is 1.89 bits per heavy atom. The number of amides is 1. The van der Waals surface area contributed by atoms with Crippen molar-refractivity contribution in [1.29, 1.82) is 0 Å². The van der Waals surface area contributed by atoms with Crippen molar-refractivity contribution < 1.29 is 19.2 Å². The van der Waals surface area contributed by atoms with E-state index in [1.54, 1.807) is 6.20 Å². The minimum atomic E-state index is -0.515. The molecule has 2 aliphatic rings. The summed E-state index contributed by atoms with van der Waals surface area (Å²) in [5.74, 6) is 1.50. The Morgan fingerprint density at radius 1 is 1.08 bits per heavy atom. The third kappa shape index (κ3) is 4.13. The molecule has 0 spiro atoms. The number of thiophene rings is 1. The number of anilines is 1. The van der Waals surface area contributed by atoms with Crippen LogP contribution in [0.15, 0.2) is 36.5 Å². The molecule has 6 rings (SSSR count). The standard InChI is InChI=1S/C24H22N6O5S/c31-24(19-8-9-20(36-19)30(32)33)28-22-16-13-25-29(15-4-2-1-3-5-15)23(16)27-21(26-22)14-6-7-17-18(12-14)35-11-10-34-17/h6-9,12-13,15H,1-5,10-11H2,(H,26,27,28,31). The smallest absolute Gasteiger partial charge is 0.324 e. The van der Waals surface area contributed by atoms with E-state index in [0.717, 1.165) is 37.0 Å². The SMILES string of the molecule is O=C(Nc1nc(-c2ccc3c(c2)OCCO3)nc2c1cnn2C1CCCCC1)c1ccc([N+](=O)[O-])s1. The summed E-state index contributed by atoms with van der Waals surface area (Å²) in [6.07, 6.45) is 7.17. The summed E-state index contributed by atoms with van der Waals surface area (Å²) in [7, 11) is 0. The highest BCUT2D eigenvalue weighted by molar-refractivity contribution is 7.17. The minimum absolute atomic E-state index is 0.102. The Bertz CT molecular complexity index is 1480. The second-order valence-electron chi connectivity index (χ2n) is 8.72. The molecule has 1 aromatic carbocycles. The van der Waals surface area contributed by atoms with Gasteiger partial charge in [0.05, 0.1) is 27.4 Å². The largest absolute Gasteiger partial charge is 0.486 e. The molecule has 1 N–H and O–H groups in total. The quantitative estimate of drug-likeness (QED) is 0.295. The van der Waals surface area contributed by atoms with Crippen LogP contribution < -0.4 is 14.8 Å². The van der Waals surface area contributed by atoms with E-state index >= 15 is 0 Å². The predicted molar refractivity (Wildman–Crippen MR) is 133 cm³/mol. The average molecular weight is 507 g/mol. The molecule has 184 valence electrons. The third-order valence-corrected chi connectivity index (χ3v) is 7.44. The number of aromatic nitrogens is 4. The van der Waals surface area contributed by atoms with Crippen molar-refractivity contribution in [3.63, 3.8) is 0 Å². The molecule has 0 radical (unpaired) electrons. The lowest BCUT2D eigenvalue weighted by molar-refractivity contribution is -0.380. The first-order valence-corrected chi connectivity index (χ1v) is 12.6. The van der Waals surface area contributed by atoms with Crippen LogP contribution in [0.3, 0.4) is 0 Å². The Labute approximate surface area is 209 Å². The summed E-state index contributed by atoms with van der Waals surface area (Å²) in [5, 5.41) is 19.0. The molecule has 4 aromatic rings. The number of hydrogen-bond donors (Lipinski definition) is 1. The van der Waals surface area contributed by atoms with Crippen LogP contribution >= 0.6 is 11.3 Å². The molecule has 36 heavy (non-hydrogen) atoms. The van der Waals surface area contributed by atoms with Gasteiger partial charge in [0.25, 0.3) is 5.91 Å². The van der Waals surface area contributed by atoms with Crippen molar-refractivity contribution in [2.75, 3.05) is 18.5 Å². The Balaban J connectivity index is 1.43. The Hall–Kier alpha value is -4.06. The van der Waals surface area contributed by atoms with Crippen LogP contribution in [0.1, 0.15) is 47.8 Å². The molecule has 1 amide bonds. The molecule has 0 unspecified atom stereocenters. The second-order valence-corrected chi connectivity index (χ2v) is 9.78. The lowest BCUT2D eigenvalue weighted by Crippen LogP contribution is -2.16. The van der Waals surface area contributed by atoms with Gasteiger partial charge in [0, 0.05) is 11.6 Å². The molecule has 1 fully saturated rings. The van der Waals surface area contributed by atoms with Crippen LogP contribution in [-0.4, -0.2) is 43.8 Å². The number of nitrogens with one attached hydrogen (secondary N) is 1. The Kier molecular flexibility index (Phi) is 5.72. The zero-order chi connectivity index (χ0) is 24.6. The van der Waals surface area contributed by atoms with Gasteiger partial charge in [-0.1, -0.05) is 30.6 Å². The number of carbonyl (C=O) groups is 1. The minimum Gasteiger partial charge on any atom is -0.486 e. The first kappa shape index (κ1) is 22.4. The first-order chi connectivity index (χ1) is 17.6. The molecular weight excluding hydrogens is 484 g/mol. The van der Waals surface area contributed by atoms with E-state index in [1.165, 1.54) is 18.6 Å². The molecule has 1 aliphatic carbocycles. The normalized spacial score (nSPS) is 15.7. The van der Waals surface area contributed by atoms with E-state index in [0.29, 0.717) is 53.0 Å². The highest BCUT2D eigenvalue weighted by atomic mass is 32.1. The average Bonchev–Trinajstić information content (AvgIpc) is 3.57. The third-order valence-electron chi connectivity index (χ3n) is 6.40. The number of nitro groups is 1. The molecule has 4 heterocycles. The molecule has 0 saturated heterocycles. The summed E-state index contributed by atoms with van der Waals surface area (Å²) < 4.78 is 13.3. The summed E-state index contributed by atoms with van der Waals surface area (Å²) in [4.78, 5) is 33.3. The topological polar surface area (TPSA) is 134 Å². The van der Waals surface area contributed by atoms with Crippen LogP contribution in [0, 0.1) is 10.1 Å². The molecule has 12 heteroatoms. The number of benzene rings is 1. The molecule has 1 aliphatic heterocycles. The van der Waals surface area contributed by atoms with Gasteiger partial charge < -0.3 is 14.8 Å². The highest BCUT2D eigenvalue weighted by Gasteiger charge is 2.24. The Morgan fingerprint density at radius 3 is 2.67 bits per heavy atom. The van der Waals surface area contributed by atoms with Gasteiger partial charge in [-0.2, -0.15) is 5.10 Å². The number of rotatable bonds is 5. The molecule has 3 aromatic heterocycles. The van der Waals surface area contributed by atoms with Gasteiger partial charge in [-0.05, 0) is 37.1 Å². The van der Waals surface area contributed by atoms with E-state index in [9.17, 15) is 14.9 Å². The van der Waals surface area contributed by atoms with Gasteiger partial charge in [-0.3, -0.25) is 14.9 Å². The molecule has 0 atom stereocenters. The molecule has 11 nitrogen and oxygen atoms in total. The van der Waals surface area contributed by atoms with E-state index in [4.69, 9.17) is 14.5 Å². The fraction of sp³-hybridized carbons (Fsp3) is 0.333. The fourth-order valence-electron chi connectivity index (χ4n) is 4.64. The maximum Gasteiger partial charge on any atom is 0.324 e. The summed E-state index contributed by atoms with van der Waals surface area (Å²) in [5.41, 5.74) is 1.34. The molecule has 1 saturated carbocycles. The second kappa shape index (κ2) is 9.19.